The maximum atomic E-state index is 5.59. The van der Waals surface area contributed by atoms with E-state index in [9.17, 15) is 0 Å². The number of halogens is 2. The van der Waals surface area contributed by atoms with E-state index >= 15 is 0 Å². The van der Waals surface area contributed by atoms with Crippen LogP contribution in [0.25, 0.3) is 0 Å². The van der Waals surface area contributed by atoms with Crippen LogP contribution in [0.4, 0.5) is 0 Å². The van der Waals surface area contributed by atoms with Gasteiger partial charge >= 0.3 is 0 Å². The standard InChI is InChI=1S/C5H6ClN3.ClH/c6-5-4(1-7)2-8-3-9-5;/h2-3H,1,7H2;1H. The van der Waals surface area contributed by atoms with Gasteiger partial charge in [0, 0.05) is 18.3 Å². The van der Waals surface area contributed by atoms with E-state index in [1.165, 1.54) is 6.33 Å². The van der Waals surface area contributed by atoms with Gasteiger partial charge in [0.05, 0.1) is 0 Å². The van der Waals surface area contributed by atoms with Gasteiger partial charge in [-0.2, -0.15) is 0 Å². The molecular formula is C5H7Cl2N3. The van der Waals surface area contributed by atoms with Gasteiger partial charge in [-0.05, 0) is 0 Å². The number of hydrogen-bond acceptors (Lipinski definition) is 3. The zero-order valence-electron chi connectivity index (χ0n) is 5.12. The average molecular weight is 180 g/mol. The molecule has 1 rings (SSSR count). The zero-order chi connectivity index (χ0) is 6.69. The fourth-order valence-corrected chi connectivity index (χ4v) is 0.650. The van der Waals surface area contributed by atoms with Gasteiger partial charge in [0.25, 0.3) is 0 Å². The van der Waals surface area contributed by atoms with Crippen LogP contribution in [0.15, 0.2) is 12.5 Å². The van der Waals surface area contributed by atoms with Gasteiger partial charge < -0.3 is 5.73 Å². The van der Waals surface area contributed by atoms with Crippen molar-refractivity contribution in [2.24, 2.45) is 5.73 Å². The Hall–Kier alpha value is -0.380. The average Bonchev–Trinajstić information content (AvgIpc) is 1.89. The molecule has 0 saturated carbocycles. The van der Waals surface area contributed by atoms with Crippen LogP contribution in [0.1, 0.15) is 5.56 Å². The summed E-state index contributed by atoms with van der Waals surface area (Å²) >= 11 is 5.59. The molecule has 0 spiro atoms. The third-order valence-corrected chi connectivity index (χ3v) is 1.29. The van der Waals surface area contributed by atoms with Crippen molar-refractivity contribution in [2.75, 3.05) is 0 Å². The Labute approximate surface area is 70.0 Å². The van der Waals surface area contributed by atoms with Gasteiger partial charge in [0.15, 0.2) is 0 Å². The molecule has 0 aliphatic carbocycles. The number of hydrogen-bond donors (Lipinski definition) is 1. The van der Waals surface area contributed by atoms with E-state index in [0.717, 1.165) is 5.56 Å². The van der Waals surface area contributed by atoms with E-state index in [4.69, 9.17) is 17.3 Å². The van der Waals surface area contributed by atoms with E-state index in [1.807, 2.05) is 0 Å². The summed E-state index contributed by atoms with van der Waals surface area (Å²) in [5.74, 6) is 0. The Kier molecular flexibility index (Phi) is 4.27. The summed E-state index contributed by atoms with van der Waals surface area (Å²) in [5, 5.41) is 0.438. The summed E-state index contributed by atoms with van der Waals surface area (Å²) in [6.07, 6.45) is 3.00. The van der Waals surface area contributed by atoms with Gasteiger partial charge in [0.2, 0.25) is 0 Å². The molecule has 0 radical (unpaired) electrons. The van der Waals surface area contributed by atoms with Crippen LogP contribution in [-0.4, -0.2) is 9.97 Å². The second-order valence-electron chi connectivity index (χ2n) is 1.54. The van der Waals surface area contributed by atoms with Gasteiger partial charge in [-0.15, -0.1) is 12.4 Å². The van der Waals surface area contributed by atoms with Gasteiger partial charge in [-0.1, -0.05) is 11.6 Å². The molecular weight excluding hydrogens is 173 g/mol. The van der Waals surface area contributed by atoms with Gasteiger partial charge in [-0.3, -0.25) is 0 Å². The molecule has 0 aromatic carbocycles. The number of nitrogens with two attached hydrogens (primary N) is 1. The van der Waals surface area contributed by atoms with Gasteiger partial charge in [-0.25, -0.2) is 9.97 Å². The van der Waals surface area contributed by atoms with Crippen LogP contribution in [-0.2, 0) is 6.54 Å². The molecule has 1 aromatic heterocycles. The monoisotopic (exact) mass is 179 g/mol. The predicted molar refractivity (Wildman–Crippen MR) is 42.2 cm³/mol. The highest BCUT2D eigenvalue weighted by atomic mass is 35.5. The number of aromatic nitrogens is 2. The Morgan fingerprint density at radius 3 is 2.70 bits per heavy atom. The summed E-state index contributed by atoms with van der Waals surface area (Å²) in [4.78, 5) is 7.47. The van der Waals surface area contributed by atoms with Crippen molar-refractivity contribution >= 4 is 24.0 Å². The predicted octanol–water partition coefficient (Wildman–Crippen LogP) is 1.01. The SMILES string of the molecule is Cl.NCc1cncnc1Cl. The van der Waals surface area contributed by atoms with E-state index < -0.39 is 0 Å². The first kappa shape index (κ1) is 9.62. The molecule has 2 N–H and O–H groups in total. The van der Waals surface area contributed by atoms with Crippen molar-refractivity contribution in [3.05, 3.63) is 23.2 Å². The minimum Gasteiger partial charge on any atom is -0.326 e. The maximum Gasteiger partial charge on any atom is 0.136 e. The van der Waals surface area contributed by atoms with Crippen LogP contribution >= 0.6 is 24.0 Å². The summed E-state index contributed by atoms with van der Waals surface area (Å²) < 4.78 is 0. The molecule has 0 atom stereocenters. The molecule has 0 aliphatic rings. The third-order valence-electron chi connectivity index (χ3n) is 0.953. The van der Waals surface area contributed by atoms with E-state index in [-0.39, 0.29) is 12.4 Å². The van der Waals surface area contributed by atoms with Crippen LogP contribution in [0, 0.1) is 0 Å². The second kappa shape index (κ2) is 4.44. The lowest BCUT2D eigenvalue weighted by molar-refractivity contribution is 1.01. The lowest BCUT2D eigenvalue weighted by atomic mass is 10.3. The number of nitrogens with zero attached hydrogens (tertiary/aromatic N) is 2. The molecule has 0 fully saturated rings. The largest absolute Gasteiger partial charge is 0.326 e. The third kappa shape index (κ3) is 2.10. The Bertz CT molecular complexity index is 204. The molecule has 0 bridgehead atoms. The molecule has 56 valence electrons. The van der Waals surface area contributed by atoms with Crippen molar-refractivity contribution in [2.45, 2.75) is 6.54 Å². The molecule has 0 unspecified atom stereocenters. The van der Waals surface area contributed by atoms with Crippen molar-refractivity contribution in [1.82, 2.24) is 9.97 Å². The van der Waals surface area contributed by atoms with Crippen LogP contribution in [0.3, 0.4) is 0 Å². The fourth-order valence-electron chi connectivity index (χ4n) is 0.480. The lowest BCUT2D eigenvalue weighted by Crippen LogP contribution is -1.98. The van der Waals surface area contributed by atoms with Crippen LogP contribution in [0.5, 0.6) is 0 Å². The van der Waals surface area contributed by atoms with Crippen molar-refractivity contribution in [1.29, 1.82) is 0 Å². The Balaban J connectivity index is 0.000000810. The first-order valence-electron chi connectivity index (χ1n) is 2.49. The highest BCUT2D eigenvalue weighted by Crippen LogP contribution is 2.07. The first-order valence-corrected chi connectivity index (χ1v) is 2.87. The smallest absolute Gasteiger partial charge is 0.136 e. The summed E-state index contributed by atoms with van der Waals surface area (Å²) in [6, 6.07) is 0. The van der Waals surface area contributed by atoms with Crippen molar-refractivity contribution in [3.8, 4) is 0 Å². The Morgan fingerprint density at radius 1 is 1.60 bits per heavy atom. The first-order chi connectivity index (χ1) is 4.34. The topological polar surface area (TPSA) is 51.8 Å². The van der Waals surface area contributed by atoms with E-state index in [0.29, 0.717) is 11.7 Å². The molecule has 1 heterocycles. The van der Waals surface area contributed by atoms with E-state index in [2.05, 4.69) is 9.97 Å². The minimum atomic E-state index is 0. The fraction of sp³-hybridized carbons (Fsp3) is 0.200. The second-order valence-corrected chi connectivity index (χ2v) is 1.90. The molecule has 5 heteroatoms. The zero-order valence-corrected chi connectivity index (χ0v) is 6.69. The van der Waals surface area contributed by atoms with Crippen LogP contribution < -0.4 is 5.73 Å². The van der Waals surface area contributed by atoms with Crippen molar-refractivity contribution in [3.63, 3.8) is 0 Å². The quantitative estimate of drug-likeness (QED) is 0.656. The summed E-state index contributed by atoms with van der Waals surface area (Å²) in [5.41, 5.74) is 6.06. The molecule has 10 heavy (non-hydrogen) atoms. The highest BCUT2D eigenvalue weighted by molar-refractivity contribution is 6.30. The molecule has 3 nitrogen and oxygen atoms in total. The summed E-state index contributed by atoms with van der Waals surface area (Å²) in [7, 11) is 0. The Morgan fingerprint density at radius 2 is 2.30 bits per heavy atom. The lowest BCUT2D eigenvalue weighted by Gasteiger charge is -1.94. The summed E-state index contributed by atoms with van der Waals surface area (Å²) in [6.45, 7) is 0.389. The minimum absolute atomic E-state index is 0. The normalized spacial score (nSPS) is 8.60. The van der Waals surface area contributed by atoms with Gasteiger partial charge in [0.1, 0.15) is 11.5 Å². The highest BCUT2D eigenvalue weighted by Gasteiger charge is 1.95. The molecule has 0 aliphatic heterocycles. The number of rotatable bonds is 1. The maximum absolute atomic E-state index is 5.59. The van der Waals surface area contributed by atoms with E-state index in [1.54, 1.807) is 6.20 Å². The molecule has 0 amide bonds. The molecule has 0 saturated heterocycles. The molecule has 1 aromatic rings. The van der Waals surface area contributed by atoms with Crippen molar-refractivity contribution < 1.29 is 0 Å². The van der Waals surface area contributed by atoms with Crippen LogP contribution in [0.2, 0.25) is 5.15 Å².